The third-order valence-electron chi connectivity index (χ3n) is 4.78. The minimum atomic E-state index is -3.79. The Balaban J connectivity index is 1.72. The first kappa shape index (κ1) is 20.8. The SMILES string of the molecule is COc1ccccc1[C@H](C)NC(=O)CN(C)S(=O)(=O)c1ccc2ccccc2c1. The van der Waals surface area contributed by atoms with Crippen molar-refractivity contribution in [1.82, 2.24) is 9.62 Å². The highest BCUT2D eigenvalue weighted by Crippen LogP contribution is 2.24. The van der Waals surface area contributed by atoms with Crippen molar-refractivity contribution in [3.63, 3.8) is 0 Å². The van der Waals surface area contributed by atoms with Crippen LogP contribution in [-0.4, -0.2) is 39.3 Å². The van der Waals surface area contributed by atoms with Crippen molar-refractivity contribution in [3.8, 4) is 5.75 Å². The summed E-state index contributed by atoms with van der Waals surface area (Å²) in [5.74, 6) is 0.271. The average molecular weight is 413 g/mol. The van der Waals surface area contributed by atoms with Gasteiger partial charge in [0.05, 0.1) is 24.6 Å². The summed E-state index contributed by atoms with van der Waals surface area (Å²) in [4.78, 5) is 12.6. The lowest BCUT2D eigenvalue weighted by Gasteiger charge is -2.20. The maximum atomic E-state index is 12.9. The number of hydrogen-bond acceptors (Lipinski definition) is 4. The number of carbonyl (C=O) groups excluding carboxylic acids is 1. The number of fused-ring (bicyclic) bond motifs is 1. The predicted molar refractivity (Wildman–Crippen MR) is 113 cm³/mol. The molecule has 0 aliphatic rings. The van der Waals surface area contributed by atoms with Gasteiger partial charge in [-0.1, -0.05) is 48.5 Å². The van der Waals surface area contributed by atoms with E-state index in [1.807, 2.05) is 55.5 Å². The third-order valence-corrected chi connectivity index (χ3v) is 6.58. The van der Waals surface area contributed by atoms with Crippen molar-refractivity contribution >= 4 is 26.7 Å². The zero-order chi connectivity index (χ0) is 21.0. The van der Waals surface area contributed by atoms with Crippen LogP contribution in [0.3, 0.4) is 0 Å². The van der Waals surface area contributed by atoms with E-state index in [4.69, 9.17) is 4.74 Å². The van der Waals surface area contributed by atoms with Gasteiger partial charge in [0, 0.05) is 12.6 Å². The predicted octanol–water partition coefficient (Wildman–Crippen LogP) is 3.35. The molecule has 0 spiro atoms. The summed E-state index contributed by atoms with van der Waals surface area (Å²) < 4.78 is 32.2. The summed E-state index contributed by atoms with van der Waals surface area (Å²) >= 11 is 0. The molecule has 0 heterocycles. The van der Waals surface area contributed by atoms with E-state index >= 15 is 0 Å². The van der Waals surface area contributed by atoms with Gasteiger partial charge in [-0.3, -0.25) is 4.79 Å². The van der Waals surface area contributed by atoms with Gasteiger partial charge in [0.25, 0.3) is 0 Å². The van der Waals surface area contributed by atoms with Gasteiger partial charge in [0.2, 0.25) is 15.9 Å². The van der Waals surface area contributed by atoms with E-state index in [1.54, 1.807) is 25.3 Å². The molecule has 0 aliphatic heterocycles. The largest absolute Gasteiger partial charge is 0.496 e. The smallest absolute Gasteiger partial charge is 0.243 e. The van der Waals surface area contributed by atoms with E-state index in [1.165, 1.54) is 7.05 Å². The molecule has 3 aromatic carbocycles. The number of hydrogen-bond donors (Lipinski definition) is 1. The number of rotatable bonds is 7. The fourth-order valence-electron chi connectivity index (χ4n) is 3.18. The highest BCUT2D eigenvalue weighted by Gasteiger charge is 2.24. The van der Waals surface area contributed by atoms with Crippen LogP contribution in [0, 0.1) is 0 Å². The number of nitrogens with one attached hydrogen (secondary N) is 1. The molecule has 0 saturated heterocycles. The Morgan fingerprint density at radius 3 is 2.41 bits per heavy atom. The Morgan fingerprint density at radius 2 is 1.69 bits per heavy atom. The van der Waals surface area contributed by atoms with E-state index in [-0.39, 0.29) is 17.5 Å². The summed E-state index contributed by atoms with van der Waals surface area (Å²) in [6.45, 7) is 1.54. The highest BCUT2D eigenvalue weighted by atomic mass is 32.2. The molecule has 29 heavy (non-hydrogen) atoms. The van der Waals surface area contributed by atoms with Crippen molar-refractivity contribution in [1.29, 1.82) is 0 Å². The Morgan fingerprint density at radius 1 is 1.03 bits per heavy atom. The molecule has 3 rings (SSSR count). The summed E-state index contributed by atoms with van der Waals surface area (Å²) in [6, 6.07) is 19.5. The number of para-hydroxylation sites is 1. The van der Waals surface area contributed by atoms with Crippen molar-refractivity contribution in [2.45, 2.75) is 17.9 Å². The lowest BCUT2D eigenvalue weighted by atomic mass is 10.1. The fraction of sp³-hybridized carbons (Fsp3) is 0.227. The van der Waals surface area contributed by atoms with Crippen molar-refractivity contribution < 1.29 is 17.9 Å². The Labute approximate surface area is 171 Å². The van der Waals surface area contributed by atoms with E-state index in [0.717, 1.165) is 20.6 Å². The molecule has 0 unspecified atom stereocenters. The van der Waals surface area contributed by atoms with E-state index in [2.05, 4.69) is 5.32 Å². The van der Waals surface area contributed by atoms with Gasteiger partial charge in [0.15, 0.2) is 0 Å². The molecule has 0 aliphatic carbocycles. The van der Waals surface area contributed by atoms with Crippen molar-refractivity contribution in [2.75, 3.05) is 20.7 Å². The molecule has 0 radical (unpaired) electrons. The minimum Gasteiger partial charge on any atom is -0.496 e. The van der Waals surface area contributed by atoms with Crippen LogP contribution >= 0.6 is 0 Å². The highest BCUT2D eigenvalue weighted by molar-refractivity contribution is 7.89. The minimum absolute atomic E-state index is 0.157. The number of sulfonamides is 1. The number of amides is 1. The number of likely N-dealkylation sites (N-methyl/N-ethyl adjacent to an activating group) is 1. The van der Waals surface area contributed by atoms with Gasteiger partial charge in [-0.05, 0) is 35.9 Å². The molecule has 152 valence electrons. The average Bonchev–Trinajstić information content (AvgIpc) is 2.73. The van der Waals surface area contributed by atoms with Crippen LogP contribution in [0.25, 0.3) is 10.8 Å². The number of benzene rings is 3. The zero-order valence-corrected chi connectivity index (χ0v) is 17.4. The maximum Gasteiger partial charge on any atom is 0.243 e. The van der Waals surface area contributed by atoms with Crippen LogP contribution in [0.1, 0.15) is 18.5 Å². The molecule has 1 N–H and O–H groups in total. The molecular weight excluding hydrogens is 388 g/mol. The monoisotopic (exact) mass is 412 g/mol. The zero-order valence-electron chi connectivity index (χ0n) is 16.6. The van der Waals surface area contributed by atoms with Crippen LogP contribution < -0.4 is 10.1 Å². The maximum absolute atomic E-state index is 12.9. The number of carbonyl (C=O) groups is 1. The first-order valence-corrected chi connectivity index (χ1v) is 10.6. The van der Waals surface area contributed by atoms with Gasteiger partial charge in [0.1, 0.15) is 5.75 Å². The van der Waals surface area contributed by atoms with E-state index in [0.29, 0.717) is 5.75 Å². The third kappa shape index (κ3) is 4.58. The second-order valence-electron chi connectivity index (χ2n) is 6.80. The van der Waals surface area contributed by atoms with Crippen LogP contribution in [0.2, 0.25) is 0 Å². The van der Waals surface area contributed by atoms with E-state index in [9.17, 15) is 13.2 Å². The van der Waals surface area contributed by atoms with Crippen LogP contribution in [0.15, 0.2) is 71.6 Å². The molecule has 0 bridgehead atoms. The second-order valence-corrected chi connectivity index (χ2v) is 8.85. The molecule has 0 saturated carbocycles. The van der Waals surface area contributed by atoms with Gasteiger partial charge in [-0.25, -0.2) is 8.42 Å². The molecule has 1 atom stereocenters. The first-order chi connectivity index (χ1) is 13.8. The molecule has 3 aromatic rings. The topological polar surface area (TPSA) is 75.7 Å². The number of methoxy groups -OCH3 is 1. The lowest BCUT2D eigenvalue weighted by Crippen LogP contribution is -2.39. The molecule has 0 fully saturated rings. The van der Waals surface area contributed by atoms with Crippen LogP contribution in [-0.2, 0) is 14.8 Å². The lowest BCUT2D eigenvalue weighted by molar-refractivity contribution is -0.121. The summed E-state index contributed by atoms with van der Waals surface area (Å²) in [5.41, 5.74) is 0.823. The Bertz CT molecular complexity index is 1130. The second kappa shape index (κ2) is 8.63. The Hall–Kier alpha value is -2.90. The molecule has 1 amide bonds. The molecular formula is C22H24N2O4S. The molecule has 6 nitrogen and oxygen atoms in total. The first-order valence-electron chi connectivity index (χ1n) is 9.20. The van der Waals surface area contributed by atoms with Gasteiger partial charge >= 0.3 is 0 Å². The fourth-order valence-corrected chi connectivity index (χ4v) is 4.35. The standard InChI is InChI=1S/C22H24N2O4S/c1-16(20-10-6-7-11-21(20)28-3)23-22(25)15-24(2)29(26,27)19-13-12-17-8-4-5-9-18(17)14-19/h4-14,16H,15H2,1-3H3,(H,23,25)/t16-/m0/s1. The quantitative estimate of drug-likeness (QED) is 0.646. The van der Waals surface area contributed by atoms with Crippen LogP contribution in [0.4, 0.5) is 0 Å². The number of nitrogens with zero attached hydrogens (tertiary/aromatic N) is 1. The Kier molecular flexibility index (Phi) is 6.20. The van der Waals surface area contributed by atoms with Crippen LogP contribution in [0.5, 0.6) is 5.75 Å². The van der Waals surface area contributed by atoms with Gasteiger partial charge in [-0.15, -0.1) is 0 Å². The number of ether oxygens (including phenoxy) is 1. The van der Waals surface area contributed by atoms with Gasteiger partial charge < -0.3 is 10.1 Å². The normalized spacial score (nSPS) is 12.7. The van der Waals surface area contributed by atoms with Crippen molar-refractivity contribution in [3.05, 3.63) is 72.3 Å². The summed E-state index contributed by atoms with van der Waals surface area (Å²) in [5, 5.41) is 4.62. The van der Waals surface area contributed by atoms with Gasteiger partial charge in [-0.2, -0.15) is 4.31 Å². The molecule has 7 heteroatoms. The molecule has 0 aromatic heterocycles. The van der Waals surface area contributed by atoms with Crippen molar-refractivity contribution in [2.24, 2.45) is 0 Å². The summed E-state index contributed by atoms with van der Waals surface area (Å²) in [7, 11) is -0.824. The van der Waals surface area contributed by atoms with E-state index < -0.39 is 15.9 Å². The summed E-state index contributed by atoms with van der Waals surface area (Å²) in [6.07, 6.45) is 0.